The van der Waals surface area contributed by atoms with Crippen LogP contribution < -0.4 is 0 Å². The largest absolute Gasteiger partial charge is 0.326 e. The molecule has 1 nitrogen and oxygen atoms in total. The lowest BCUT2D eigenvalue weighted by Crippen LogP contribution is -2.49. The van der Waals surface area contributed by atoms with Crippen LogP contribution in [0, 0.1) is 0 Å². The van der Waals surface area contributed by atoms with Gasteiger partial charge >= 0.3 is 0 Å². The third kappa shape index (κ3) is 1.94. The average molecular weight is 171 g/mol. The van der Waals surface area contributed by atoms with Gasteiger partial charge in [0.1, 0.15) is 0 Å². The minimum absolute atomic E-state index is 1.26. The van der Waals surface area contributed by atoms with Gasteiger partial charge in [-0.05, 0) is 33.1 Å². The molecular weight excluding hydrogens is 150 g/mol. The molecule has 0 bridgehead atoms. The van der Waals surface area contributed by atoms with Gasteiger partial charge in [-0.15, -0.1) is 6.58 Å². The normalized spacial score (nSPS) is 12.2. The highest BCUT2D eigenvalue weighted by molar-refractivity contribution is 6.83. The molecule has 0 heterocycles. The lowest BCUT2D eigenvalue weighted by atomic mass is 10.7. The van der Waals surface area contributed by atoms with Crippen molar-refractivity contribution in [3.8, 4) is 0 Å². The Morgan fingerprint density at radius 3 is 1.64 bits per heavy atom. The zero-order chi connectivity index (χ0) is 9.07. The first-order valence-corrected chi connectivity index (χ1v) is 6.70. The molecular formula is C9H21NSi. The number of hydrogen-bond acceptors (Lipinski definition) is 1. The van der Waals surface area contributed by atoms with Crippen molar-refractivity contribution in [3.05, 3.63) is 11.8 Å². The molecule has 0 aromatic rings. The maximum absolute atomic E-state index is 4.11. The molecule has 0 spiro atoms. The molecule has 66 valence electrons. The fourth-order valence-corrected chi connectivity index (χ4v) is 5.60. The molecule has 0 amide bonds. The summed E-state index contributed by atoms with van der Waals surface area (Å²) in [6, 6.07) is 2.57. The van der Waals surface area contributed by atoms with Crippen molar-refractivity contribution in [2.24, 2.45) is 0 Å². The van der Waals surface area contributed by atoms with Crippen LogP contribution in [0.1, 0.15) is 20.8 Å². The molecule has 0 radical (unpaired) electrons. The smallest absolute Gasteiger partial charge is 0.154 e. The Morgan fingerprint density at radius 2 is 1.64 bits per heavy atom. The van der Waals surface area contributed by atoms with Crippen LogP contribution in [-0.4, -0.2) is 26.9 Å². The third-order valence-corrected chi connectivity index (χ3v) is 8.46. The van der Waals surface area contributed by atoms with Crippen LogP contribution >= 0.6 is 0 Å². The van der Waals surface area contributed by atoms with Gasteiger partial charge in [-0.1, -0.05) is 19.0 Å². The van der Waals surface area contributed by atoms with Gasteiger partial charge in [-0.2, -0.15) is 0 Å². The van der Waals surface area contributed by atoms with Crippen molar-refractivity contribution in [1.82, 2.24) is 4.57 Å². The Bertz CT molecular complexity index is 136. The van der Waals surface area contributed by atoms with Crippen LogP contribution in [0.25, 0.3) is 0 Å². The minimum Gasteiger partial charge on any atom is -0.326 e. The Morgan fingerprint density at radius 1 is 1.27 bits per heavy atom. The van der Waals surface area contributed by atoms with Crippen molar-refractivity contribution in [3.63, 3.8) is 0 Å². The standard InChI is InChI=1S/C9H21NSi/c1-7-11(8-2,9(3)4)10(5)6/h3,7-8H2,1-2,4-6H3. The first-order chi connectivity index (χ1) is 5.01. The lowest BCUT2D eigenvalue weighted by molar-refractivity contribution is 0.612. The molecule has 0 atom stereocenters. The Kier molecular flexibility index (Phi) is 4.04. The summed E-state index contributed by atoms with van der Waals surface area (Å²) >= 11 is 0. The molecule has 0 aromatic heterocycles. The van der Waals surface area contributed by atoms with Gasteiger partial charge < -0.3 is 4.57 Å². The van der Waals surface area contributed by atoms with Crippen molar-refractivity contribution in [2.45, 2.75) is 32.9 Å². The molecule has 11 heavy (non-hydrogen) atoms. The van der Waals surface area contributed by atoms with Gasteiger partial charge in [0.2, 0.25) is 0 Å². The monoisotopic (exact) mass is 171 g/mol. The molecule has 2 heteroatoms. The fraction of sp³-hybridized carbons (Fsp3) is 0.778. The fourth-order valence-electron chi connectivity index (χ4n) is 1.87. The van der Waals surface area contributed by atoms with E-state index >= 15 is 0 Å². The van der Waals surface area contributed by atoms with Crippen molar-refractivity contribution in [2.75, 3.05) is 14.1 Å². The highest BCUT2D eigenvalue weighted by Gasteiger charge is 2.32. The molecule has 0 aliphatic carbocycles. The van der Waals surface area contributed by atoms with Gasteiger partial charge in [-0.3, -0.25) is 0 Å². The van der Waals surface area contributed by atoms with Crippen molar-refractivity contribution < 1.29 is 0 Å². The van der Waals surface area contributed by atoms with Crippen LogP contribution in [0.5, 0.6) is 0 Å². The van der Waals surface area contributed by atoms with Gasteiger partial charge in [0.15, 0.2) is 8.24 Å². The molecule has 0 aliphatic heterocycles. The second-order valence-electron chi connectivity index (χ2n) is 3.41. The second-order valence-corrected chi connectivity index (χ2v) is 8.64. The Balaban J connectivity index is 4.61. The highest BCUT2D eigenvalue weighted by atomic mass is 28.3. The van der Waals surface area contributed by atoms with E-state index in [1.54, 1.807) is 0 Å². The van der Waals surface area contributed by atoms with E-state index in [-0.39, 0.29) is 0 Å². The molecule has 0 saturated heterocycles. The maximum atomic E-state index is 4.11. The topological polar surface area (TPSA) is 3.24 Å². The second kappa shape index (κ2) is 4.07. The van der Waals surface area contributed by atoms with E-state index in [1.165, 1.54) is 17.3 Å². The Labute approximate surface area is 72.2 Å². The highest BCUT2D eigenvalue weighted by Crippen LogP contribution is 2.24. The number of rotatable bonds is 4. The number of hydrogen-bond donors (Lipinski definition) is 0. The van der Waals surface area contributed by atoms with Crippen LogP contribution in [0.4, 0.5) is 0 Å². The molecule has 0 saturated carbocycles. The van der Waals surface area contributed by atoms with E-state index in [4.69, 9.17) is 0 Å². The van der Waals surface area contributed by atoms with Gasteiger partial charge in [0, 0.05) is 0 Å². The molecule has 0 N–H and O–H groups in total. The van der Waals surface area contributed by atoms with E-state index in [1.807, 2.05) is 0 Å². The van der Waals surface area contributed by atoms with E-state index < -0.39 is 8.24 Å². The van der Waals surface area contributed by atoms with Crippen LogP contribution in [0.2, 0.25) is 12.1 Å². The Hall–Kier alpha value is -0.0831. The van der Waals surface area contributed by atoms with Gasteiger partial charge in [0.05, 0.1) is 0 Å². The molecule has 0 aliphatic rings. The van der Waals surface area contributed by atoms with Crippen molar-refractivity contribution in [1.29, 1.82) is 0 Å². The van der Waals surface area contributed by atoms with Crippen molar-refractivity contribution >= 4 is 8.24 Å². The molecule has 0 fully saturated rings. The number of nitrogens with zero attached hydrogens (tertiary/aromatic N) is 1. The first-order valence-electron chi connectivity index (χ1n) is 4.34. The molecule has 0 unspecified atom stereocenters. The summed E-state index contributed by atoms with van der Waals surface area (Å²) in [6.07, 6.45) is 0. The van der Waals surface area contributed by atoms with Gasteiger partial charge in [0.25, 0.3) is 0 Å². The summed E-state index contributed by atoms with van der Waals surface area (Å²) in [7, 11) is 3.12. The zero-order valence-corrected chi connectivity index (χ0v) is 9.57. The van der Waals surface area contributed by atoms with E-state index in [0.717, 1.165) is 0 Å². The lowest BCUT2D eigenvalue weighted by Gasteiger charge is -2.36. The molecule has 0 aromatic carbocycles. The average Bonchev–Trinajstić information content (AvgIpc) is 1.90. The summed E-state index contributed by atoms with van der Waals surface area (Å²) in [4.78, 5) is 0. The van der Waals surface area contributed by atoms with Crippen LogP contribution in [0.15, 0.2) is 11.8 Å². The van der Waals surface area contributed by atoms with Crippen LogP contribution in [-0.2, 0) is 0 Å². The zero-order valence-electron chi connectivity index (χ0n) is 8.57. The van der Waals surface area contributed by atoms with Gasteiger partial charge in [-0.25, -0.2) is 0 Å². The summed E-state index contributed by atoms with van der Waals surface area (Å²) in [6.45, 7) is 10.9. The summed E-state index contributed by atoms with van der Waals surface area (Å²) in [5, 5.41) is 1.41. The molecule has 0 rings (SSSR count). The predicted octanol–water partition coefficient (Wildman–Crippen LogP) is 2.65. The van der Waals surface area contributed by atoms with E-state index in [0.29, 0.717) is 0 Å². The van der Waals surface area contributed by atoms with E-state index in [9.17, 15) is 0 Å². The summed E-state index contributed by atoms with van der Waals surface area (Å²) < 4.78 is 2.41. The first kappa shape index (κ1) is 10.9. The minimum atomic E-state index is -1.26. The van der Waals surface area contributed by atoms with E-state index in [2.05, 4.69) is 46.0 Å². The summed E-state index contributed by atoms with van der Waals surface area (Å²) in [5.41, 5.74) is 0. The number of allylic oxidation sites excluding steroid dienone is 1. The maximum Gasteiger partial charge on any atom is 0.154 e. The quantitative estimate of drug-likeness (QED) is 0.588. The summed E-state index contributed by atoms with van der Waals surface area (Å²) in [5.74, 6) is 0. The van der Waals surface area contributed by atoms with Crippen LogP contribution in [0.3, 0.4) is 0 Å². The third-order valence-electron chi connectivity index (χ3n) is 2.82. The SMILES string of the molecule is C=C(C)[Si](CC)(CC)N(C)C. The predicted molar refractivity (Wildman–Crippen MR) is 55.2 cm³/mol.